The van der Waals surface area contributed by atoms with Gasteiger partial charge in [0.1, 0.15) is 6.04 Å². The van der Waals surface area contributed by atoms with Crippen molar-refractivity contribution in [1.29, 1.82) is 0 Å². The largest absolute Gasteiger partial charge is 0.481 e. The normalized spacial score (nSPS) is 19.9. The van der Waals surface area contributed by atoms with E-state index in [2.05, 4.69) is 4.98 Å². The summed E-state index contributed by atoms with van der Waals surface area (Å²) in [5.41, 5.74) is 0.856. The third-order valence-electron chi connectivity index (χ3n) is 3.60. The summed E-state index contributed by atoms with van der Waals surface area (Å²) in [6, 6.07) is 2.84. The third kappa shape index (κ3) is 2.59. The highest BCUT2D eigenvalue weighted by atomic mass is 16.5. The van der Waals surface area contributed by atoms with Crippen LogP contribution in [-0.2, 0) is 14.3 Å². The maximum atomic E-state index is 12.0. The van der Waals surface area contributed by atoms with Crippen LogP contribution in [0.1, 0.15) is 31.4 Å². The number of hydrogen-bond acceptors (Lipinski definition) is 5. The molecule has 0 aromatic carbocycles. The first-order chi connectivity index (χ1) is 9.58. The number of esters is 1. The molecule has 1 aliphatic heterocycles. The van der Waals surface area contributed by atoms with Crippen molar-refractivity contribution in [2.24, 2.45) is 0 Å². The van der Waals surface area contributed by atoms with E-state index in [9.17, 15) is 9.59 Å². The number of rotatable bonds is 4. The van der Waals surface area contributed by atoms with E-state index in [0.29, 0.717) is 18.7 Å². The summed E-state index contributed by atoms with van der Waals surface area (Å²) in [5, 5.41) is 0. The fraction of sp³-hybridized carbons (Fsp3) is 0.500. The Labute approximate surface area is 117 Å². The number of hydrogen-bond donors (Lipinski definition) is 0. The predicted molar refractivity (Wildman–Crippen MR) is 71.1 cm³/mol. The van der Waals surface area contributed by atoms with E-state index >= 15 is 0 Å². The minimum atomic E-state index is -0.510. The van der Waals surface area contributed by atoms with Crippen LogP contribution in [0.15, 0.2) is 18.3 Å². The fourth-order valence-electron chi connectivity index (χ4n) is 2.48. The zero-order chi connectivity index (χ0) is 14.7. The average Bonchev–Trinajstić information content (AvgIpc) is 2.87. The van der Waals surface area contributed by atoms with E-state index in [1.165, 1.54) is 7.11 Å². The van der Waals surface area contributed by atoms with Crippen molar-refractivity contribution < 1.29 is 19.1 Å². The lowest BCUT2D eigenvalue weighted by molar-refractivity contribution is -0.150. The first kappa shape index (κ1) is 14.3. The molecule has 0 N–H and O–H groups in total. The van der Waals surface area contributed by atoms with Crippen LogP contribution in [0.2, 0.25) is 0 Å². The Kier molecular flexibility index (Phi) is 4.22. The van der Waals surface area contributed by atoms with E-state index in [-0.39, 0.29) is 17.9 Å². The second-order valence-corrected chi connectivity index (χ2v) is 4.69. The van der Waals surface area contributed by atoms with Gasteiger partial charge < -0.3 is 14.4 Å². The molecule has 1 saturated heterocycles. The monoisotopic (exact) mass is 278 g/mol. The number of carbonyl (C=O) groups excluding carboxylic acids is 2. The first-order valence-corrected chi connectivity index (χ1v) is 6.47. The lowest BCUT2D eigenvalue weighted by atomic mass is 10.1. The summed E-state index contributed by atoms with van der Waals surface area (Å²) in [4.78, 5) is 29.5. The van der Waals surface area contributed by atoms with Crippen LogP contribution in [0.25, 0.3) is 0 Å². The van der Waals surface area contributed by atoms with E-state index in [1.54, 1.807) is 24.3 Å². The molecule has 1 fully saturated rings. The van der Waals surface area contributed by atoms with Gasteiger partial charge in [-0.1, -0.05) is 6.07 Å². The summed E-state index contributed by atoms with van der Waals surface area (Å²) in [7, 11) is 2.88. The van der Waals surface area contributed by atoms with Gasteiger partial charge in [-0.3, -0.25) is 4.79 Å². The predicted octanol–water partition coefficient (Wildman–Crippen LogP) is 1.32. The van der Waals surface area contributed by atoms with Crippen LogP contribution in [0.5, 0.6) is 5.88 Å². The molecule has 1 amide bonds. The highest BCUT2D eigenvalue weighted by Crippen LogP contribution is 2.30. The lowest BCUT2D eigenvalue weighted by Gasteiger charge is -2.29. The Balaban J connectivity index is 2.22. The molecule has 1 aromatic rings. The van der Waals surface area contributed by atoms with Crippen molar-refractivity contribution in [3.05, 3.63) is 23.9 Å². The molecule has 2 heterocycles. The molecule has 20 heavy (non-hydrogen) atoms. The summed E-state index contributed by atoms with van der Waals surface area (Å²) in [5.74, 6) is 0.103. The number of likely N-dealkylation sites (tertiary alicyclic amines) is 1. The molecule has 0 spiro atoms. The zero-order valence-corrected chi connectivity index (χ0v) is 11.8. The van der Waals surface area contributed by atoms with Crippen molar-refractivity contribution in [1.82, 2.24) is 9.88 Å². The number of carbonyl (C=O) groups is 2. The summed E-state index contributed by atoms with van der Waals surface area (Å²) in [6.07, 6.45) is 2.52. The summed E-state index contributed by atoms with van der Waals surface area (Å²) in [6.45, 7) is 1.88. The molecule has 2 atom stereocenters. The fourth-order valence-corrected chi connectivity index (χ4v) is 2.48. The van der Waals surface area contributed by atoms with Crippen LogP contribution >= 0.6 is 0 Å². The molecule has 1 aliphatic rings. The minimum Gasteiger partial charge on any atom is -0.481 e. The number of methoxy groups -OCH3 is 2. The molecule has 2 unspecified atom stereocenters. The molecular formula is C14H18N2O4. The van der Waals surface area contributed by atoms with Crippen molar-refractivity contribution in [2.75, 3.05) is 14.2 Å². The van der Waals surface area contributed by atoms with E-state index < -0.39 is 6.04 Å². The van der Waals surface area contributed by atoms with Gasteiger partial charge in [-0.25, -0.2) is 9.78 Å². The molecule has 6 heteroatoms. The molecule has 0 saturated carbocycles. The quantitative estimate of drug-likeness (QED) is 0.777. The minimum absolute atomic E-state index is 0.0382. The van der Waals surface area contributed by atoms with Crippen molar-refractivity contribution >= 4 is 11.9 Å². The van der Waals surface area contributed by atoms with Crippen LogP contribution in [0, 0.1) is 0 Å². The van der Waals surface area contributed by atoms with Crippen molar-refractivity contribution in [2.45, 2.75) is 31.8 Å². The van der Waals surface area contributed by atoms with Crippen LogP contribution in [0.3, 0.4) is 0 Å². The second kappa shape index (κ2) is 5.90. The van der Waals surface area contributed by atoms with Crippen LogP contribution in [0.4, 0.5) is 0 Å². The Morgan fingerprint density at radius 3 is 2.75 bits per heavy atom. The lowest BCUT2D eigenvalue weighted by Crippen LogP contribution is -2.40. The number of ether oxygens (including phenoxy) is 2. The van der Waals surface area contributed by atoms with Crippen molar-refractivity contribution in [3.63, 3.8) is 0 Å². The maximum Gasteiger partial charge on any atom is 0.328 e. The molecule has 108 valence electrons. The number of amides is 1. The Hall–Kier alpha value is -2.11. The van der Waals surface area contributed by atoms with Gasteiger partial charge in [-0.2, -0.15) is 0 Å². The van der Waals surface area contributed by atoms with E-state index in [0.717, 1.165) is 5.56 Å². The second-order valence-electron chi connectivity index (χ2n) is 4.69. The summed E-state index contributed by atoms with van der Waals surface area (Å²) >= 11 is 0. The highest BCUT2D eigenvalue weighted by Gasteiger charge is 2.39. The third-order valence-corrected chi connectivity index (χ3v) is 3.60. The van der Waals surface area contributed by atoms with Crippen LogP contribution in [-0.4, -0.2) is 42.0 Å². The van der Waals surface area contributed by atoms with Gasteiger partial charge in [0.05, 0.1) is 20.3 Å². The average molecular weight is 278 g/mol. The standard InChI is InChI=1S/C14H18N2O4/c1-9(10-4-6-12(19-2)15-8-10)16-11(14(18)20-3)5-7-13(16)17/h4,6,8-9,11H,5,7H2,1-3H3. The Morgan fingerprint density at radius 2 is 2.20 bits per heavy atom. The number of nitrogens with zero attached hydrogens (tertiary/aromatic N) is 2. The van der Waals surface area contributed by atoms with Gasteiger partial charge in [0.25, 0.3) is 0 Å². The van der Waals surface area contributed by atoms with Gasteiger partial charge in [0.2, 0.25) is 11.8 Å². The SMILES string of the molecule is COC(=O)C1CCC(=O)N1C(C)c1ccc(OC)nc1. The van der Waals surface area contributed by atoms with Crippen LogP contribution < -0.4 is 4.74 Å². The van der Waals surface area contributed by atoms with Gasteiger partial charge >= 0.3 is 5.97 Å². The molecular weight excluding hydrogens is 260 g/mol. The molecule has 2 rings (SSSR count). The Bertz CT molecular complexity index is 500. The van der Waals surface area contributed by atoms with Gasteiger partial charge in [-0.15, -0.1) is 0 Å². The smallest absolute Gasteiger partial charge is 0.328 e. The molecule has 6 nitrogen and oxygen atoms in total. The van der Waals surface area contributed by atoms with Gasteiger partial charge in [0, 0.05) is 18.7 Å². The number of aromatic nitrogens is 1. The zero-order valence-electron chi connectivity index (χ0n) is 11.8. The number of pyridine rings is 1. The summed E-state index contributed by atoms with van der Waals surface area (Å²) < 4.78 is 9.77. The molecule has 0 bridgehead atoms. The Morgan fingerprint density at radius 1 is 1.45 bits per heavy atom. The van der Waals surface area contributed by atoms with Gasteiger partial charge in [-0.05, 0) is 18.9 Å². The molecule has 0 aliphatic carbocycles. The van der Waals surface area contributed by atoms with Gasteiger partial charge in [0.15, 0.2) is 0 Å². The maximum absolute atomic E-state index is 12.0. The topological polar surface area (TPSA) is 68.7 Å². The molecule has 1 aromatic heterocycles. The first-order valence-electron chi connectivity index (χ1n) is 6.47. The van der Waals surface area contributed by atoms with E-state index in [4.69, 9.17) is 9.47 Å². The van der Waals surface area contributed by atoms with Crippen molar-refractivity contribution in [3.8, 4) is 5.88 Å². The highest BCUT2D eigenvalue weighted by molar-refractivity contribution is 5.88. The van der Waals surface area contributed by atoms with E-state index in [1.807, 2.05) is 13.0 Å². The molecule has 0 radical (unpaired) electrons.